The number of hydrogen-bond acceptors (Lipinski definition) is 7. The molecule has 1 N–H and O–H groups in total. The summed E-state index contributed by atoms with van der Waals surface area (Å²) in [5.41, 5.74) is 1.06. The van der Waals surface area contributed by atoms with Crippen LogP contribution in [0.25, 0.3) is 5.76 Å². The van der Waals surface area contributed by atoms with Gasteiger partial charge in [0.2, 0.25) is 5.90 Å². The predicted octanol–water partition coefficient (Wildman–Crippen LogP) is 5.19. The molecule has 2 aromatic carbocycles. The number of fused-ring (bicyclic) bond motifs is 1. The number of benzene rings is 2. The monoisotopic (exact) mass is 445 g/mol. The Labute approximate surface area is 184 Å². The summed E-state index contributed by atoms with van der Waals surface area (Å²) in [6.07, 6.45) is 3.16. The first-order chi connectivity index (χ1) is 15.0. The standard InChI is InChI=1S/C23H24FNO5S/c1-15(25-26)30-21-5-8-29-22-14-18(3-4-20(21)22)31-19-12-16(11-17(24)13-19)23(27-2)6-9-28-10-7-23/h3-5,11-14,26H,6-10H2,1-2H3. The Morgan fingerprint density at radius 1 is 1.16 bits per heavy atom. The second kappa shape index (κ2) is 9.30. The summed E-state index contributed by atoms with van der Waals surface area (Å²) >= 11 is 1.45. The molecule has 2 aliphatic rings. The minimum absolute atomic E-state index is 0.144. The van der Waals surface area contributed by atoms with Gasteiger partial charge in [-0.2, -0.15) is 0 Å². The second-order valence-corrected chi connectivity index (χ2v) is 8.49. The van der Waals surface area contributed by atoms with Crippen LogP contribution in [0.4, 0.5) is 4.39 Å². The summed E-state index contributed by atoms with van der Waals surface area (Å²) in [6, 6.07) is 10.8. The quantitative estimate of drug-likeness (QED) is 0.296. The minimum Gasteiger partial charge on any atom is -0.489 e. The van der Waals surface area contributed by atoms with Gasteiger partial charge in [0.1, 0.15) is 23.9 Å². The molecule has 2 aromatic rings. The molecule has 0 amide bonds. The zero-order valence-electron chi connectivity index (χ0n) is 17.4. The van der Waals surface area contributed by atoms with E-state index in [2.05, 4.69) is 5.16 Å². The second-order valence-electron chi connectivity index (χ2n) is 7.35. The SMILES string of the molecule is COC1(c2cc(F)cc(Sc3ccc4c(c3)OCC=C4OC(C)=NO)c2)CCOCC1. The summed E-state index contributed by atoms with van der Waals surface area (Å²) in [6.45, 7) is 3.09. The predicted molar refractivity (Wildman–Crippen MR) is 115 cm³/mol. The van der Waals surface area contributed by atoms with Crippen LogP contribution in [0.2, 0.25) is 0 Å². The van der Waals surface area contributed by atoms with E-state index in [-0.39, 0.29) is 11.7 Å². The molecule has 164 valence electrons. The molecular weight excluding hydrogens is 421 g/mol. The van der Waals surface area contributed by atoms with Crippen LogP contribution in [0.3, 0.4) is 0 Å². The Morgan fingerprint density at radius 2 is 1.97 bits per heavy atom. The van der Waals surface area contributed by atoms with Gasteiger partial charge in [0, 0.05) is 49.9 Å². The molecule has 8 heteroatoms. The largest absolute Gasteiger partial charge is 0.489 e. The van der Waals surface area contributed by atoms with Crippen LogP contribution in [0.5, 0.6) is 5.75 Å². The zero-order valence-corrected chi connectivity index (χ0v) is 18.2. The maximum atomic E-state index is 14.5. The van der Waals surface area contributed by atoms with Crippen LogP contribution in [-0.4, -0.2) is 38.0 Å². The van der Waals surface area contributed by atoms with E-state index in [9.17, 15) is 4.39 Å². The first-order valence-corrected chi connectivity index (χ1v) is 10.8. The smallest absolute Gasteiger partial charge is 0.228 e. The van der Waals surface area contributed by atoms with E-state index < -0.39 is 5.60 Å². The molecule has 6 nitrogen and oxygen atoms in total. The van der Waals surface area contributed by atoms with Gasteiger partial charge in [-0.25, -0.2) is 4.39 Å². The van der Waals surface area contributed by atoms with Crippen LogP contribution >= 0.6 is 11.8 Å². The Kier molecular flexibility index (Phi) is 6.50. The fraction of sp³-hybridized carbons (Fsp3) is 0.348. The van der Waals surface area contributed by atoms with Gasteiger partial charge in [0.25, 0.3) is 0 Å². The number of ether oxygens (including phenoxy) is 4. The molecule has 0 unspecified atom stereocenters. The number of oxime groups is 1. The lowest BCUT2D eigenvalue weighted by Crippen LogP contribution is -2.35. The first kappa shape index (κ1) is 21.7. The van der Waals surface area contributed by atoms with E-state index in [4.69, 9.17) is 24.2 Å². The average Bonchev–Trinajstić information content (AvgIpc) is 2.79. The Balaban J connectivity index is 1.59. The molecule has 1 saturated heterocycles. The van der Waals surface area contributed by atoms with Crippen LogP contribution < -0.4 is 4.74 Å². The number of methoxy groups -OCH3 is 1. The lowest BCUT2D eigenvalue weighted by atomic mass is 9.86. The Hall–Kier alpha value is -2.55. The molecule has 0 aliphatic carbocycles. The molecule has 0 radical (unpaired) electrons. The van der Waals surface area contributed by atoms with E-state index in [0.717, 1.165) is 20.9 Å². The van der Waals surface area contributed by atoms with Crippen molar-refractivity contribution in [1.82, 2.24) is 0 Å². The van der Waals surface area contributed by atoms with Gasteiger partial charge >= 0.3 is 0 Å². The van der Waals surface area contributed by atoms with Gasteiger partial charge < -0.3 is 24.2 Å². The molecule has 0 bridgehead atoms. The molecule has 0 saturated carbocycles. The highest BCUT2D eigenvalue weighted by molar-refractivity contribution is 7.99. The highest BCUT2D eigenvalue weighted by Gasteiger charge is 2.35. The van der Waals surface area contributed by atoms with Crippen molar-refractivity contribution in [1.29, 1.82) is 0 Å². The van der Waals surface area contributed by atoms with Gasteiger partial charge in [-0.15, -0.1) is 0 Å². The molecule has 31 heavy (non-hydrogen) atoms. The van der Waals surface area contributed by atoms with Crippen molar-refractivity contribution in [2.75, 3.05) is 26.9 Å². The van der Waals surface area contributed by atoms with Crippen LogP contribution in [0.1, 0.15) is 30.9 Å². The third kappa shape index (κ3) is 4.71. The van der Waals surface area contributed by atoms with Gasteiger partial charge in [-0.3, -0.25) is 0 Å². The van der Waals surface area contributed by atoms with Crippen molar-refractivity contribution < 1.29 is 28.5 Å². The lowest BCUT2D eigenvalue weighted by molar-refractivity contribution is -0.0950. The summed E-state index contributed by atoms with van der Waals surface area (Å²) in [4.78, 5) is 1.69. The van der Waals surface area contributed by atoms with Crippen molar-refractivity contribution in [3.05, 3.63) is 59.4 Å². The van der Waals surface area contributed by atoms with E-state index in [1.54, 1.807) is 26.2 Å². The molecule has 0 aromatic heterocycles. The third-order valence-corrected chi connectivity index (χ3v) is 6.41. The van der Waals surface area contributed by atoms with E-state index in [0.29, 0.717) is 44.2 Å². The van der Waals surface area contributed by atoms with Crippen LogP contribution in [0.15, 0.2) is 57.4 Å². The number of nitrogens with zero attached hydrogens (tertiary/aromatic N) is 1. The molecule has 1 fully saturated rings. The Bertz CT molecular complexity index is 1020. The number of halogens is 1. The van der Waals surface area contributed by atoms with Gasteiger partial charge in [0.15, 0.2) is 0 Å². The summed E-state index contributed by atoms with van der Waals surface area (Å²) in [5.74, 6) is 1.07. The Morgan fingerprint density at radius 3 is 2.71 bits per heavy atom. The lowest BCUT2D eigenvalue weighted by Gasteiger charge is -2.36. The van der Waals surface area contributed by atoms with Gasteiger partial charge in [-0.05, 0) is 48.0 Å². The first-order valence-electron chi connectivity index (χ1n) is 9.99. The van der Waals surface area contributed by atoms with Crippen molar-refractivity contribution in [3.63, 3.8) is 0 Å². The van der Waals surface area contributed by atoms with E-state index in [1.165, 1.54) is 17.8 Å². The maximum Gasteiger partial charge on any atom is 0.228 e. The van der Waals surface area contributed by atoms with Gasteiger partial charge in [0.05, 0.1) is 11.2 Å². The van der Waals surface area contributed by atoms with Crippen molar-refractivity contribution >= 4 is 23.4 Å². The number of hydrogen-bond donors (Lipinski definition) is 1. The molecule has 4 rings (SSSR count). The summed E-state index contributed by atoms with van der Waals surface area (Å²) < 4.78 is 37.1. The number of rotatable bonds is 5. The molecule has 0 spiro atoms. The minimum atomic E-state index is -0.530. The van der Waals surface area contributed by atoms with Crippen molar-refractivity contribution in [3.8, 4) is 5.75 Å². The van der Waals surface area contributed by atoms with Gasteiger partial charge in [-0.1, -0.05) is 16.9 Å². The highest BCUT2D eigenvalue weighted by Crippen LogP contribution is 2.40. The fourth-order valence-corrected chi connectivity index (χ4v) is 4.75. The average molecular weight is 446 g/mol. The normalized spacial score (nSPS) is 18.0. The van der Waals surface area contributed by atoms with Crippen molar-refractivity contribution in [2.24, 2.45) is 5.16 Å². The fourth-order valence-electron chi connectivity index (χ4n) is 3.81. The molecular formula is C23H24FNO5S. The van der Waals surface area contributed by atoms with Crippen LogP contribution in [-0.2, 0) is 19.8 Å². The topological polar surface area (TPSA) is 69.5 Å². The molecule has 2 aliphatic heterocycles. The molecule has 0 atom stereocenters. The zero-order chi connectivity index (χ0) is 21.8. The maximum absolute atomic E-state index is 14.5. The van der Waals surface area contributed by atoms with Crippen LogP contribution in [0, 0.1) is 5.82 Å². The summed E-state index contributed by atoms with van der Waals surface area (Å²) in [7, 11) is 1.67. The molecule has 2 heterocycles. The third-order valence-electron chi connectivity index (χ3n) is 5.45. The summed E-state index contributed by atoms with van der Waals surface area (Å²) in [5, 5.41) is 11.9. The van der Waals surface area contributed by atoms with E-state index in [1.807, 2.05) is 24.3 Å². The highest BCUT2D eigenvalue weighted by atomic mass is 32.2. The van der Waals surface area contributed by atoms with E-state index >= 15 is 0 Å². The van der Waals surface area contributed by atoms with Crippen molar-refractivity contribution in [2.45, 2.75) is 35.2 Å².